The van der Waals surface area contributed by atoms with E-state index in [9.17, 15) is 0 Å². The first kappa shape index (κ1) is 15.5. The van der Waals surface area contributed by atoms with E-state index >= 15 is 0 Å². The topological polar surface area (TPSA) is 24.9 Å². The number of nitrogens with one attached hydrogen (secondary N) is 1. The molecule has 2 nitrogen and oxygen atoms in total. The number of rotatable bonds is 6. The molecule has 0 aliphatic heterocycles. The molecule has 2 heteroatoms. The van der Waals surface area contributed by atoms with E-state index in [-0.39, 0.29) is 0 Å². The third-order valence-corrected chi connectivity index (χ3v) is 5.17. The fraction of sp³-hybridized carbons (Fsp3) is 0.722. The smallest absolute Gasteiger partial charge is 0.0270 e. The predicted molar refractivity (Wildman–Crippen MR) is 85.9 cm³/mol. The molecule has 1 fully saturated rings. The van der Waals surface area contributed by atoms with E-state index in [1.54, 1.807) is 0 Å². The van der Waals surface area contributed by atoms with Crippen LogP contribution in [0.3, 0.4) is 0 Å². The molecule has 0 bridgehead atoms. The van der Waals surface area contributed by atoms with E-state index in [0.29, 0.717) is 17.4 Å². The van der Waals surface area contributed by atoms with Gasteiger partial charge in [-0.1, -0.05) is 34.1 Å². The lowest BCUT2D eigenvalue weighted by molar-refractivity contribution is 0.180. The van der Waals surface area contributed by atoms with Gasteiger partial charge in [0.25, 0.3) is 0 Å². The second kappa shape index (κ2) is 6.71. The average Bonchev–Trinajstić information content (AvgIpc) is 2.80. The summed E-state index contributed by atoms with van der Waals surface area (Å²) in [6.07, 6.45) is 9.15. The van der Waals surface area contributed by atoms with Gasteiger partial charge in [-0.2, -0.15) is 0 Å². The molecule has 20 heavy (non-hydrogen) atoms. The third kappa shape index (κ3) is 3.41. The molecule has 1 N–H and O–H groups in total. The van der Waals surface area contributed by atoms with Gasteiger partial charge in [0.15, 0.2) is 0 Å². The first-order chi connectivity index (χ1) is 9.56. The quantitative estimate of drug-likeness (QED) is 0.832. The summed E-state index contributed by atoms with van der Waals surface area (Å²) in [5, 5.41) is 3.84. The summed E-state index contributed by atoms with van der Waals surface area (Å²) in [6, 6.07) is 4.93. The summed E-state index contributed by atoms with van der Waals surface area (Å²) in [6.45, 7) is 10.6. The summed E-state index contributed by atoms with van der Waals surface area (Å²) >= 11 is 0. The van der Waals surface area contributed by atoms with Crippen LogP contribution in [0, 0.1) is 11.3 Å². The van der Waals surface area contributed by atoms with Gasteiger partial charge in [-0.05, 0) is 60.8 Å². The van der Waals surface area contributed by atoms with Crippen molar-refractivity contribution in [1.82, 2.24) is 10.3 Å². The predicted octanol–water partition coefficient (Wildman–Crippen LogP) is 4.38. The lowest BCUT2D eigenvalue weighted by Crippen LogP contribution is -2.44. The molecule has 3 atom stereocenters. The van der Waals surface area contributed by atoms with Crippen molar-refractivity contribution in [3.05, 3.63) is 30.1 Å². The molecule has 2 rings (SSSR count). The van der Waals surface area contributed by atoms with Gasteiger partial charge in [-0.25, -0.2) is 0 Å². The normalized spacial score (nSPS) is 24.5. The van der Waals surface area contributed by atoms with Gasteiger partial charge < -0.3 is 5.32 Å². The van der Waals surface area contributed by atoms with E-state index in [2.05, 4.69) is 50.1 Å². The van der Waals surface area contributed by atoms with E-state index in [1.807, 2.05) is 12.4 Å². The zero-order valence-corrected chi connectivity index (χ0v) is 13.5. The number of nitrogens with zero attached hydrogens (tertiary/aromatic N) is 1. The van der Waals surface area contributed by atoms with Crippen molar-refractivity contribution in [3.63, 3.8) is 0 Å². The van der Waals surface area contributed by atoms with Crippen molar-refractivity contribution in [2.45, 2.75) is 65.3 Å². The van der Waals surface area contributed by atoms with Gasteiger partial charge in [0.2, 0.25) is 0 Å². The highest BCUT2D eigenvalue weighted by atomic mass is 14.9. The van der Waals surface area contributed by atoms with Gasteiger partial charge in [-0.3, -0.25) is 4.98 Å². The Labute approximate surface area is 124 Å². The largest absolute Gasteiger partial charge is 0.313 e. The highest BCUT2D eigenvalue weighted by Crippen LogP contribution is 2.47. The second-order valence-corrected chi connectivity index (χ2v) is 7.04. The van der Waals surface area contributed by atoms with E-state index < -0.39 is 0 Å². The van der Waals surface area contributed by atoms with E-state index in [4.69, 9.17) is 0 Å². The molecule has 1 aromatic rings. The summed E-state index contributed by atoms with van der Waals surface area (Å²) in [4.78, 5) is 4.15. The van der Waals surface area contributed by atoms with Crippen LogP contribution in [0.2, 0.25) is 0 Å². The SMILES string of the molecule is CCCNC(C(C)c1ccncc1)C1CCCC1(C)C. The molecule has 3 unspecified atom stereocenters. The minimum atomic E-state index is 0.465. The van der Waals surface area contributed by atoms with Crippen LogP contribution in [0.5, 0.6) is 0 Å². The van der Waals surface area contributed by atoms with Gasteiger partial charge in [-0.15, -0.1) is 0 Å². The molecule has 0 aromatic carbocycles. The Kier molecular flexibility index (Phi) is 5.20. The summed E-state index contributed by atoms with van der Waals surface area (Å²) in [7, 11) is 0. The zero-order chi connectivity index (χ0) is 14.6. The summed E-state index contributed by atoms with van der Waals surface area (Å²) in [5.41, 5.74) is 1.88. The van der Waals surface area contributed by atoms with Gasteiger partial charge in [0, 0.05) is 18.4 Å². The van der Waals surface area contributed by atoms with Gasteiger partial charge in [0.1, 0.15) is 0 Å². The second-order valence-electron chi connectivity index (χ2n) is 7.04. The van der Waals surface area contributed by atoms with Crippen LogP contribution in [0.25, 0.3) is 0 Å². The minimum Gasteiger partial charge on any atom is -0.313 e. The van der Waals surface area contributed by atoms with E-state index in [0.717, 1.165) is 12.5 Å². The molecule has 0 spiro atoms. The fourth-order valence-corrected chi connectivity index (χ4v) is 3.87. The molecule has 0 saturated heterocycles. The first-order valence-corrected chi connectivity index (χ1v) is 8.19. The molecule has 112 valence electrons. The van der Waals surface area contributed by atoms with Crippen molar-refractivity contribution in [1.29, 1.82) is 0 Å². The molecule has 1 saturated carbocycles. The lowest BCUT2D eigenvalue weighted by Gasteiger charge is -2.38. The Morgan fingerprint density at radius 1 is 1.35 bits per heavy atom. The van der Waals surface area contributed by atoms with Crippen LogP contribution in [0.15, 0.2) is 24.5 Å². The van der Waals surface area contributed by atoms with Crippen molar-refractivity contribution in [3.8, 4) is 0 Å². The number of aromatic nitrogens is 1. The number of hydrogen-bond donors (Lipinski definition) is 1. The van der Waals surface area contributed by atoms with Gasteiger partial charge in [0.05, 0.1) is 0 Å². The molecule has 0 amide bonds. The molecule has 1 aromatic heterocycles. The Morgan fingerprint density at radius 2 is 2.05 bits per heavy atom. The van der Waals surface area contributed by atoms with Crippen LogP contribution in [0.1, 0.15) is 64.9 Å². The summed E-state index contributed by atoms with van der Waals surface area (Å²) < 4.78 is 0. The average molecular weight is 274 g/mol. The minimum absolute atomic E-state index is 0.465. The maximum Gasteiger partial charge on any atom is 0.0270 e. The Balaban J connectivity index is 2.19. The standard InChI is InChI=1S/C18H30N2/c1-5-11-20-17(16-7-6-10-18(16,3)4)14(2)15-8-12-19-13-9-15/h8-9,12-14,16-17,20H,5-7,10-11H2,1-4H3. The third-order valence-electron chi connectivity index (χ3n) is 5.17. The highest BCUT2D eigenvalue weighted by molar-refractivity contribution is 5.18. The van der Waals surface area contributed by atoms with Crippen LogP contribution in [-0.4, -0.2) is 17.6 Å². The van der Waals surface area contributed by atoms with Crippen LogP contribution in [-0.2, 0) is 0 Å². The Hall–Kier alpha value is -0.890. The molecule has 0 radical (unpaired) electrons. The number of pyridine rings is 1. The first-order valence-electron chi connectivity index (χ1n) is 8.19. The van der Waals surface area contributed by atoms with Gasteiger partial charge >= 0.3 is 0 Å². The van der Waals surface area contributed by atoms with Crippen molar-refractivity contribution in [2.24, 2.45) is 11.3 Å². The maximum atomic E-state index is 4.15. The molecule has 1 heterocycles. The molecular formula is C18H30N2. The maximum absolute atomic E-state index is 4.15. The Bertz CT molecular complexity index is 399. The zero-order valence-electron chi connectivity index (χ0n) is 13.5. The monoisotopic (exact) mass is 274 g/mol. The van der Waals surface area contributed by atoms with Crippen LogP contribution >= 0.6 is 0 Å². The van der Waals surface area contributed by atoms with Crippen LogP contribution in [0.4, 0.5) is 0 Å². The van der Waals surface area contributed by atoms with Crippen molar-refractivity contribution >= 4 is 0 Å². The Morgan fingerprint density at radius 3 is 2.60 bits per heavy atom. The number of hydrogen-bond acceptors (Lipinski definition) is 2. The van der Waals surface area contributed by atoms with E-state index in [1.165, 1.54) is 31.2 Å². The van der Waals surface area contributed by atoms with Crippen LogP contribution < -0.4 is 5.32 Å². The lowest BCUT2D eigenvalue weighted by atomic mass is 9.72. The molecule has 1 aliphatic carbocycles. The highest BCUT2D eigenvalue weighted by Gasteiger charge is 2.41. The van der Waals surface area contributed by atoms with Crippen molar-refractivity contribution in [2.75, 3.05) is 6.54 Å². The molecular weight excluding hydrogens is 244 g/mol. The van der Waals surface area contributed by atoms with Crippen molar-refractivity contribution < 1.29 is 0 Å². The summed E-state index contributed by atoms with van der Waals surface area (Å²) in [5.74, 6) is 1.32. The fourth-order valence-electron chi connectivity index (χ4n) is 3.87. The molecule has 1 aliphatic rings.